The monoisotopic (exact) mass is 376 g/mol. The number of benzene rings is 1. The highest BCUT2D eigenvalue weighted by molar-refractivity contribution is 7.80. The summed E-state index contributed by atoms with van der Waals surface area (Å²) >= 11 is 0. The Labute approximate surface area is 144 Å². The van der Waals surface area contributed by atoms with Crippen molar-refractivity contribution in [2.75, 3.05) is 6.61 Å². The van der Waals surface area contributed by atoms with Crippen LogP contribution in [-0.2, 0) is 24.1 Å². The van der Waals surface area contributed by atoms with Crippen LogP contribution in [-0.4, -0.2) is 66.3 Å². The van der Waals surface area contributed by atoms with Crippen molar-refractivity contribution in [3.05, 3.63) is 30.3 Å². The fourth-order valence-corrected chi connectivity index (χ4v) is 2.64. The van der Waals surface area contributed by atoms with E-state index in [1.54, 1.807) is 30.3 Å². The van der Waals surface area contributed by atoms with Gasteiger partial charge in [-0.25, -0.2) is 8.42 Å². The van der Waals surface area contributed by atoms with Crippen LogP contribution in [0.15, 0.2) is 30.3 Å². The Hall–Kier alpha value is -1.76. The third-order valence-corrected chi connectivity index (χ3v) is 3.87. The third kappa shape index (κ3) is 5.63. The van der Waals surface area contributed by atoms with Crippen LogP contribution in [0, 0.1) is 0 Å². The molecule has 1 aromatic carbocycles. The van der Waals surface area contributed by atoms with Gasteiger partial charge < -0.3 is 29.6 Å². The molecule has 11 heteroatoms. The molecule has 1 aliphatic heterocycles. The van der Waals surface area contributed by atoms with Crippen LogP contribution in [0.1, 0.15) is 6.92 Å². The quantitative estimate of drug-likeness (QED) is 0.397. The lowest BCUT2D eigenvalue weighted by atomic mass is 9.97. The summed E-state index contributed by atoms with van der Waals surface area (Å²) in [4.78, 5) is 11.3. The van der Waals surface area contributed by atoms with E-state index in [0.717, 1.165) is 0 Å². The first-order valence-electron chi connectivity index (χ1n) is 7.28. The minimum Gasteiger partial charge on any atom is -0.726 e. The molecule has 5 atom stereocenters. The molecule has 0 saturated carbocycles. The van der Waals surface area contributed by atoms with Gasteiger partial charge in [0.05, 0.1) is 6.61 Å². The molecule has 25 heavy (non-hydrogen) atoms. The second-order valence-corrected chi connectivity index (χ2v) is 6.43. The molecule has 1 aliphatic rings. The summed E-state index contributed by atoms with van der Waals surface area (Å²) in [6.45, 7) is 0.392. The smallest absolute Gasteiger partial charge is 0.223 e. The van der Waals surface area contributed by atoms with E-state index in [1.807, 2.05) is 0 Å². The molecule has 1 heterocycles. The zero-order valence-corrected chi connectivity index (χ0v) is 14.0. The Kier molecular flexibility index (Phi) is 6.32. The SMILES string of the molecule is CC(=O)N[C@H]1C(Oc2ccccc2)OC(COS(=O)(=O)[O-])[C@H](O)[C@@H]1O. The molecule has 2 unspecified atom stereocenters. The lowest BCUT2D eigenvalue weighted by Crippen LogP contribution is -2.65. The predicted octanol–water partition coefficient (Wildman–Crippen LogP) is -1.51. The van der Waals surface area contributed by atoms with E-state index < -0.39 is 53.6 Å². The minimum atomic E-state index is -5.01. The number of amides is 1. The second-order valence-electron chi connectivity index (χ2n) is 5.37. The highest BCUT2D eigenvalue weighted by atomic mass is 32.3. The Morgan fingerprint density at radius 3 is 2.48 bits per heavy atom. The van der Waals surface area contributed by atoms with Crippen LogP contribution in [0.4, 0.5) is 0 Å². The van der Waals surface area contributed by atoms with Crippen molar-refractivity contribution in [3.8, 4) is 5.75 Å². The van der Waals surface area contributed by atoms with Crippen LogP contribution in [0.5, 0.6) is 5.75 Å². The van der Waals surface area contributed by atoms with Gasteiger partial charge in [0, 0.05) is 6.92 Å². The summed E-state index contributed by atoms with van der Waals surface area (Å²) in [7, 11) is -5.01. The topological polar surface area (TPSA) is 154 Å². The molecule has 140 valence electrons. The normalized spacial score (nSPS) is 29.8. The van der Waals surface area contributed by atoms with E-state index in [0.29, 0.717) is 5.75 Å². The number of hydrogen-bond donors (Lipinski definition) is 3. The number of nitrogens with one attached hydrogen (secondary N) is 1. The van der Waals surface area contributed by atoms with Gasteiger partial charge in [0.1, 0.15) is 30.1 Å². The van der Waals surface area contributed by atoms with Gasteiger partial charge in [-0.05, 0) is 12.1 Å². The first kappa shape index (κ1) is 19.6. The van der Waals surface area contributed by atoms with E-state index in [4.69, 9.17) is 9.47 Å². The maximum absolute atomic E-state index is 11.3. The minimum absolute atomic E-state index is 0.350. The van der Waals surface area contributed by atoms with Gasteiger partial charge in [-0.15, -0.1) is 0 Å². The van der Waals surface area contributed by atoms with E-state index >= 15 is 0 Å². The number of para-hydroxylation sites is 1. The van der Waals surface area contributed by atoms with Crippen LogP contribution in [0.25, 0.3) is 0 Å². The molecule has 1 aromatic rings. The Bertz CT molecular complexity index is 681. The number of carbonyl (C=O) groups excluding carboxylic acids is 1. The highest BCUT2D eigenvalue weighted by Crippen LogP contribution is 2.25. The molecule has 1 fully saturated rings. The zero-order chi connectivity index (χ0) is 18.6. The summed E-state index contributed by atoms with van der Waals surface area (Å²) in [5, 5.41) is 22.7. The van der Waals surface area contributed by atoms with Crippen molar-refractivity contribution >= 4 is 16.3 Å². The van der Waals surface area contributed by atoms with Crippen LogP contribution < -0.4 is 10.1 Å². The first-order chi connectivity index (χ1) is 11.7. The first-order valence-corrected chi connectivity index (χ1v) is 8.61. The Balaban J connectivity index is 2.18. The highest BCUT2D eigenvalue weighted by Gasteiger charge is 2.46. The Morgan fingerprint density at radius 1 is 1.28 bits per heavy atom. The molecule has 0 aliphatic carbocycles. The molecule has 0 radical (unpaired) electrons. The van der Waals surface area contributed by atoms with Gasteiger partial charge in [-0.3, -0.25) is 8.98 Å². The third-order valence-electron chi connectivity index (χ3n) is 3.44. The van der Waals surface area contributed by atoms with Gasteiger partial charge in [-0.2, -0.15) is 0 Å². The zero-order valence-electron chi connectivity index (χ0n) is 13.1. The van der Waals surface area contributed by atoms with E-state index in [-0.39, 0.29) is 0 Å². The molecule has 3 N–H and O–H groups in total. The summed E-state index contributed by atoms with van der Waals surface area (Å²) in [5.74, 6) is -0.152. The molecular formula is C14H18NO9S-. The van der Waals surface area contributed by atoms with E-state index in [2.05, 4.69) is 9.50 Å². The van der Waals surface area contributed by atoms with E-state index in [9.17, 15) is 28.0 Å². The van der Waals surface area contributed by atoms with Crippen molar-refractivity contribution in [1.82, 2.24) is 5.32 Å². The lowest BCUT2D eigenvalue weighted by Gasteiger charge is -2.42. The van der Waals surface area contributed by atoms with Crippen molar-refractivity contribution < 1.29 is 41.6 Å². The van der Waals surface area contributed by atoms with Crippen molar-refractivity contribution in [2.45, 2.75) is 37.6 Å². The van der Waals surface area contributed by atoms with Gasteiger partial charge in [-0.1, -0.05) is 18.2 Å². The molecule has 2 rings (SSSR count). The van der Waals surface area contributed by atoms with Gasteiger partial charge >= 0.3 is 0 Å². The van der Waals surface area contributed by atoms with Gasteiger partial charge in [0.25, 0.3) is 0 Å². The molecule has 0 aromatic heterocycles. The molecule has 10 nitrogen and oxygen atoms in total. The number of ether oxygens (including phenoxy) is 2. The fourth-order valence-electron chi connectivity index (χ4n) is 2.34. The lowest BCUT2D eigenvalue weighted by molar-refractivity contribution is -0.242. The van der Waals surface area contributed by atoms with Crippen molar-refractivity contribution in [1.29, 1.82) is 0 Å². The number of aliphatic hydroxyl groups excluding tert-OH is 2. The fraction of sp³-hybridized carbons (Fsp3) is 0.500. The predicted molar refractivity (Wildman–Crippen MR) is 81.0 cm³/mol. The average molecular weight is 376 g/mol. The largest absolute Gasteiger partial charge is 0.726 e. The van der Waals surface area contributed by atoms with Gasteiger partial charge in [0.15, 0.2) is 0 Å². The second kappa shape index (κ2) is 8.08. The molecular weight excluding hydrogens is 358 g/mol. The maximum Gasteiger partial charge on any atom is 0.223 e. The van der Waals surface area contributed by atoms with Crippen molar-refractivity contribution in [2.24, 2.45) is 0 Å². The standard InChI is InChI=1S/C14H19NO9S/c1-8(16)15-11-13(18)12(17)10(7-22-25(19,20)21)24-14(11)23-9-5-3-2-4-6-9/h2-6,10-14,17-18H,7H2,1H3,(H,15,16)(H,19,20,21)/p-1/t10?,11-,12+,13-,14?/m1/s1. The number of aliphatic hydroxyl groups is 2. The molecule has 1 saturated heterocycles. The van der Waals surface area contributed by atoms with E-state index in [1.165, 1.54) is 6.92 Å². The maximum atomic E-state index is 11.3. The summed E-state index contributed by atoms with van der Waals surface area (Å²) < 4.78 is 46.8. The Morgan fingerprint density at radius 2 is 1.92 bits per heavy atom. The molecule has 0 bridgehead atoms. The van der Waals surface area contributed by atoms with Crippen LogP contribution in [0.3, 0.4) is 0 Å². The van der Waals surface area contributed by atoms with Crippen molar-refractivity contribution in [3.63, 3.8) is 0 Å². The van der Waals surface area contributed by atoms with Crippen LogP contribution >= 0.6 is 0 Å². The number of carbonyl (C=O) groups is 1. The molecule has 0 spiro atoms. The average Bonchev–Trinajstić information content (AvgIpc) is 2.53. The number of hydrogen-bond acceptors (Lipinski definition) is 9. The van der Waals surface area contributed by atoms with Gasteiger partial charge in [0.2, 0.25) is 22.6 Å². The summed E-state index contributed by atoms with van der Waals surface area (Å²) in [5.41, 5.74) is 0. The summed E-state index contributed by atoms with van der Waals surface area (Å²) in [6, 6.07) is 7.17. The molecule has 1 amide bonds. The summed E-state index contributed by atoms with van der Waals surface area (Å²) in [6.07, 6.45) is -5.78. The van der Waals surface area contributed by atoms with Crippen LogP contribution in [0.2, 0.25) is 0 Å². The number of rotatable bonds is 6.